The fourth-order valence-electron chi connectivity index (χ4n) is 4.20. The minimum atomic E-state index is -5.15. The first-order valence-corrected chi connectivity index (χ1v) is 10.4. The molecule has 0 saturated heterocycles. The van der Waals surface area contributed by atoms with Crippen molar-refractivity contribution in [2.24, 2.45) is 0 Å². The molecule has 0 radical (unpaired) electrons. The lowest BCUT2D eigenvalue weighted by Gasteiger charge is -2.28. The number of amides is 1. The Balaban J connectivity index is 2.36. The Bertz CT molecular complexity index is 1130. The lowest BCUT2D eigenvalue weighted by atomic mass is 9.81. The molecule has 0 spiro atoms. The second-order valence-electron chi connectivity index (χ2n) is 7.73. The maximum atomic E-state index is 14.1. The van der Waals surface area contributed by atoms with Gasteiger partial charge in [-0.1, -0.05) is 32.0 Å². The highest BCUT2D eigenvalue weighted by molar-refractivity contribution is 6.10. The summed E-state index contributed by atoms with van der Waals surface area (Å²) in [7, 11) is 0. The number of rotatable bonds is 6. The van der Waals surface area contributed by atoms with E-state index in [4.69, 9.17) is 6.57 Å². The standard InChI is InChI=1S/C23H21F6N3O2/c1-4-31(5-2)10-11-32-18-13-14(30-3)12-17(23(27,28)29)19(18)21(34,20(32)33)15-8-6-7-9-16(15)22(24,25)26/h6-9,12-13,34H,4-5,10-11H2,1-2H3. The Morgan fingerprint density at radius 2 is 1.62 bits per heavy atom. The van der Waals surface area contributed by atoms with Gasteiger partial charge in [-0.05, 0) is 31.3 Å². The van der Waals surface area contributed by atoms with Gasteiger partial charge in [-0.15, -0.1) is 0 Å². The number of aliphatic hydroxyl groups is 1. The molecule has 3 rings (SSSR count). The van der Waals surface area contributed by atoms with Gasteiger partial charge in [0.15, 0.2) is 11.3 Å². The highest BCUT2D eigenvalue weighted by Crippen LogP contribution is 2.53. The van der Waals surface area contributed by atoms with Crippen LogP contribution in [0.25, 0.3) is 4.85 Å². The molecule has 1 heterocycles. The van der Waals surface area contributed by atoms with Crippen LogP contribution in [-0.4, -0.2) is 42.1 Å². The number of carbonyl (C=O) groups is 1. The Morgan fingerprint density at radius 1 is 1.03 bits per heavy atom. The van der Waals surface area contributed by atoms with E-state index < -0.39 is 57.5 Å². The molecule has 0 bridgehead atoms. The largest absolute Gasteiger partial charge is 0.416 e. The van der Waals surface area contributed by atoms with Crippen molar-refractivity contribution >= 4 is 17.3 Å². The van der Waals surface area contributed by atoms with Crippen LogP contribution in [0.15, 0.2) is 36.4 Å². The average molecular weight is 485 g/mol. The van der Waals surface area contributed by atoms with Gasteiger partial charge in [0.2, 0.25) is 0 Å². The van der Waals surface area contributed by atoms with E-state index in [1.807, 2.05) is 18.7 Å². The Morgan fingerprint density at radius 3 is 2.15 bits per heavy atom. The maximum Gasteiger partial charge on any atom is 0.416 e. The van der Waals surface area contributed by atoms with Crippen molar-refractivity contribution in [1.82, 2.24) is 4.90 Å². The number of hydrogen-bond acceptors (Lipinski definition) is 3. The molecule has 1 unspecified atom stereocenters. The molecule has 0 aromatic heterocycles. The predicted molar refractivity (Wildman–Crippen MR) is 112 cm³/mol. The molecule has 1 N–H and O–H groups in total. The topological polar surface area (TPSA) is 48.1 Å². The fourth-order valence-corrected chi connectivity index (χ4v) is 4.20. The molecule has 1 amide bonds. The Kier molecular flexibility index (Phi) is 6.70. The van der Waals surface area contributed by atoms with Crippen LogP contribution in [0.3, 0.4) is 0 Å². The second kappa shape index (κ2) is 8.92. The number of nitrogens with zero attached hydrogens (tertiary/aromatic N) is 3. The lowest BCUT2D eigenvalue weighted by Crippen LogP contribution is -2.45. The van der Waals surface area contributed by atoms with Crippen LogP contribution in [0.5, 0.6) is 0 Å². The smallest absolute Gasteiger partial charge is 0.372 e. The number of benzene rings is 2. The number of hydrogen-bond donors (Lipinski definition) is 1. The van der Waals surface area contributed by atoms with Gasteiger partial charge in [-0.3, -0.25) is 4.79 Å². The van der Waals surface area contributed by atoms with E-state index in [1.54, 1.807) is 0 Å². The van der Waals surface area contributed by atoms with Crippen molar-refractivity contribution in [3.8, 4) is 0 Å². The summed E-state index contributed by atoms with van der Waals surface area (Å²) in [4.78, 5) is 19.2. The number of halogens is 6. The third kappa shape index (κ3) is 4.23. The highest BCUT2D eigenvalue weighted by Gasteiger charge is 2.57. The van der Waals surface area contributed by atoms with Crippen molar-refractivity contribution in [3.05, 3.63) is 70.1 Å². The molecule has 1 aliphatic rings. The first kappa shape index (κ1) is 25.5. The van der Waals surface area contributed by atoms with E-state index in [-0.39, 0.29) is 13.1 Å². The van der Waals surface area contributed by atoms with Gasteiger partial charge in [-0.2, -0.15) is 26.3 Å². The second-order valence-corrected chi connectivity index (χ2v) is 7.73. The van der Waals surface area contributed by atoms with E-state index >= 15 is 0 Å². The fraction of sp³-hybridized carbons (Fsp3) is 0.391. The highest BCUT2D eigenvalue weighted by atomic mass is 19.4. The monoisotopic (exact) mass is 485 g/mol. The summed E-state index contributed by atoms with van der Waals surface area (Å²) < 4.78 is 83.5. The van der Waals surface area contributed by atoms with Gasteiger partial charge < -0.3 is 14.9 Å². The van der Waals surface area contributed by atoms with Gasteiger partial charge >= 0.3 is 12.4 Å². The van der Waals surface area contributed by atoms with Gasteiger partial charge in [0.05, 0.1) is 17.7 Å². The summed E-state index contributed by atoms with van der Waals surface area (Å²) in [5, 5.41) is 11.5. The molecule has 34 heavy (non-hydrogen) atoms. The molecule has 1 aliphatic heterocycles. The number of likely N-dealkylation sites (N-methyl/N-ethyl adjacent to an activating group) is 1. The van der Waals surface area contributed by atoms with Gasteiger partial charge in [0.25, 0.3) is 5.91 Å². The summed E-state index contributed by atoms with van der Waals surface area (Å²) in [6, 6.07) is 4.94. The molecule has 5 nitrogen and oxygen atoms in total. The molecule has 1 atom stereocenters. The molecule has 11 heteroatoms. The summed E-state index contributed by atoms with van der Waals surface area (Å²) in [6.07, 6.45) is -10.2. The summed E-state index contributed by atoms with van der Waals surface area (Å²) in [5.74, 6) is -1.33. The molecule has 2 aromatic carbocycles. The predicted octanol–water partition coefficient (Wildman–Crippen LogP) is 5.20. The van der Waals surface area contributed by atoms with Crippen LogP contribution in [-0.2, 0) is 22.7 Å². The average Bonchev–Trinajstić information content (AvgIpc) is 3.00. The summed E-state index contributed by atoms with van der Waals surface area (Å²) in [5.41, 5.74) is -9.11. The first-order valence-electron chi connectivity index (χ1n) is 10.4. The SMILES string of the molecule is [C-]#[N+]c1cc2c(c(C(F)(F)F)c1)C(O)(c1ccccc1C(F)(F)F)C(=O)N2CCN(CC)CC. The first-order chi connectivity index (χ1) is 15.8. The molecule has 2 aromatic rings. The summed E-state index contributed by atoms with van der Waals surface area (Å²) >= 11 is 0. The van der Waals surface area contributed by atoms with Crippen LogP contribution >= 0.6 is 0 Å². The van der Waals surface area contributed by atoms with Crippen molar-refractivity contribution in [1.29, 1.82) is 0 Å². The number of carbonyl (C=O) groups excluding carboxylic acids is 1. The van der Waals surface area contributed by atoms with Crippen molar-refractivity contribution in [2.75, 3.05) is 31.1 Å². The van der Waals surface area contributed by atoms with Crippen molar-refractivity contribution < 1.29 is 36.2 Å². The number of alkyl halides is 6. The lowest BCUT2D eigenvalue weighted by molar-refractivity contribution is -0.145. The quantitative estimate of drug-likeness (QED) is 0.452. The molecule has 182 valence electrons. The zero-order valence-corrected chi connectivity index (χ0v) is 18.3. The molecule has 0 fully saturated rings. The molecule has 0 saturated carbocycles. The third-order valence-corrected chi connectivity index (χ3v) is 5.90. The van der Waals surface area contributed by atoms with Crippen molar-refractivity contribution in [2.45, 2.75) is 31.8 Å². The number of fused-ring (bicyclic) bond motifs is 1. The Hall–Kier alpha value is -3.10. The molecule has 0 aliphatic carbocycles. The summed E-state index contributed by atoms with van der Waals surface area (Å²) in [6.45, 7) is 11.9. The normalized spacial score (nSPS) is 18.4. The molecular formula is C23H21F6N3O2. The van der Waals surface area contributed by atoms with Crippen LogP contribution in [0.1, 0.15) is 36.1 Å². The van der Waals surface area contributed by atoms with Crippen LogP contribution in [0.4, 0.5) is 37.7 Å². The minimum Gasteiger partial charge on any atom is -0.372 e. The van der Waals surface area contributed by atoms with E-state index in [0.717, 1.165) is 29.2 Å². The Labute approximate surface area is 192 Å². The van der Waals surface area contributed by atoms with Gasteiger partial charge in [-0.25, -0.2) is 4.85 Å². The zero-order chi connectivity index (χ0) is 25.5. The van der Waals surface area contributed by atoms with E-state index in [9.17, 15) is 36.2 Å². The van der Waals surface area contributed by atoms with E-state index in [1.165, 1.54) is 0 Å². The zero-order valence-electron chi connectivity index (χ0n) is 18.3. The maximum absolute atomic E-state index is 14.1. The third-order valence-electron chi connectivity index (χ3n) is 5.90. The number of anilines is 1. The van der Waals surface area contributed by atoms with E-state index in [2.05, 4.69) is 4.85 Å². The van der Waals surface area contributed by atoms with Gasteiger partial charge in [0.1, 0.15) is 0 Å². The minimum absolute atomic E-state index is 0.192. The van der Waals surface area contributed by atoms with Crippen LogP contribution in [0.2, 0.25) is 0 Å². The van der Waals surface area contributed by atoms with Crippen LogP contribution in [0, 0.1) is 6.57 Å². The molecular weight excluding hydrogens is 464 g/mol. The van der Waals surface area contributed by atoms with Gasteiger partial charge in [0, 0.05) is 29.9 Å². The van der Waals surface area contributed by atoms with E-state index in [0.29, 0.717) is 25.2 Å². The van der Waals surface area contributed by atoms with Crippen molar-refractivity contribution in [3.63, 3.8) is 0 Å². The van der Waals surface area contributed by atoms with Crippen LogP contribution < -0.4 is 4.90 Å².